The van der Waals surface area contributed by atoms with E-state index in [1.165, 1.54) is 0 Å². The molecule has 0 heterocycles. The van der Waals surface area contributed by atoms with Crippen LogP contribution in [0.1, 0.15) is 26.3 Å². The maximum absolute atomic E-state index is 12.3. The number of carbonyl (C=O) groups excluding carboxylic acids is 1. The Bertz CT molecular complexity index is 409. The second-order valence-corrected chi connectivity index (χ2v) is 6.05. The molecule has 0 N–H and O–H groups in total. The maximum Gasteiger partial charge on any atom is 0.236 e. The monoisotopic (exact) mass is 331 g/mol. The molecule has 1 aromatic carbocycles. The summed E-state index contributed by atoms with van der Waals surface area (Å²) < 4.78 is 0. The second kappa shape index (κ2) is 7.15. The van der Waals surface area contributed by atoms with Crippen LogP contribution in [0.25, 0.3) is 0 Å². The molecule has 0 spiro atoms. The molecule has 0 fully saturated rings. The van der Waals surface area contributed by atoms with Crippen molar-refractivity contribution >= 4 is 33.4 Å². The summed E-state index contributed by atoms with van der Waals surface area (Å²) in [7, 11) is 0. The molecule has 0 aromatic heterocycles. The Balaban J connectivity index is 2.76. The van der Waals surface area contributed by atoms with Gasteiger partial charge in [0, 0.05) is 18.1 Å². The third-order valence-electron chi connectivity index (χ3n) is 2.78. The topological polar surface area (TPSA) is 20.3 Å². The first kappa shape index (κ1) is 15.5. The molecular weight excluding hydrogens is 314 g/mol. The highest BCUT2D eigenvalue weighted by Gasteiger charge is 2.23. The summed E-state index contributed by atoms with van der Waals surface area (Å²) in [5.74, 6) is 0.415. The molecule has 0 aliphatic rings. The van der Waals surface area contributed by atoms with Crippen molar-refractivity contribution < 1.29 is 4.79 Å². The quantitative estimate of drug-likeness (QED) is 0.743. The standard InChI is InChI=1S/C14H19BrClNO/c1-4-17(14(18)13(15)10(2)3)9-11-6-5-7-12(16)8-11/h5-8,10,13H,4,9H2,1-3H3. The summed E-state index contributed by atoms with van der Waals surface area (Å²) in [6, 6.07) is 7.63. The SMILES string of the molecule is CCN(Cc1cccc(Cl)c1)C(=O)C(Br)C(C)C. The Labute approximate surface area is 122 Å². The fourth-order valence-corrected chi connectivity index (χ4v) is 2.16. The van der Waals surface area contributed by atoms with Gasteiger partial charge in [-0.3, -0.25) is 4.79 Å². The van der Waals surface area contributed by atoms with Crippen molar-refractivity contribution in [3.05, 3.63) is 34.9 Å². The van der Waals surface area contributed by atoms with Gasteiger partial charge in [0.2, 0.25) is 5.91 Å². The summed E-state index contributed by atoms with van der Waals surface area (Å²) in [6.45, 7) is 7.35. The van der Waals surface area contributed by atoms with Gasteiger partial charge in [0.15, 0.2) is 0 Å². The minimum absolute atomic E-state index is 0.128. The van der Waals surface area contributed by atoms with Gasteiger partial charge in [0.25, 0.3) is 0 Å². The Hall–Kier alpha value is -0.540. The molecule has 1 aromatic rings. The molecule has 2 nitrogen and oxygen atoms in total. The number of alkyl halides is 1. The van der Waals surface area contributed by atoms with Gasteiger partial charge in [-0.15, -0.1) is 0 Å². The van der Waals surface area contributed by atoms with E-state index in [2.05, 4.69) is 15.9 Å². The summed E-state index contributed by atoms with van der Waals surface area (Å²) >= 11 is 9.41. The van der Waals surface area contributed by atoms with Crippen molar-refractivity contribution in [3.63, 3.8) is 0 Å². The Morgan fingerprint density at radius 1 is 1.44 bits per heavy atom. The lowest BCUT2D eigenvalue weighted by Gasteiger charge is -2.25. The van der Waals surface area contributed by atoms with Gasteiger partial charge in [-0.05, 0) is 30.5 Å². The first-order valence-corrected chi connectivity index (χ1v) is 7.42. The van der Waals surface area contributed by atoms with Crippen LogP contribution in [0.15, 0.2) is 24.3 Å². The number of rotatable bonds is 5. The number of halogens is 2. The van der Waals surface area contributed by atoms with E-state index in [0.717, 1.165) is 5.56 Å². The number of carbonyl (C=O) groups is 1. The molecule has 0 bridgehead atoms. The van der Waals surface area contributed by atoms with E-state index in [-0.39, 0.29) is 16.7 Å². The van der Waals surface area contributed by atoms with E-state index in [4.69, 9.17) is 11.6 Å². The molecule has 0 aliphatic heterocycles. The van der Waals surface area contributed by atoms with Crippen LogP contribution in [0.3, 0.4) is 0 Å². The third kappa shape index (κ3) is 4.29. The Morgan fingerprint density at radius 3 is 2.61 bits per heavy atom. The highest BCUT2D eigenvalue weighted by molar-refractivity contribution is 9.10. The molecule has 0 radical (unpaired) electrons. The minimum atomic E-state index is -0.128. The predicted molar refractivity (Wildman–Crippen MR) is 80.1 cm³/mol. The zero-order chi connectivity index (χ0) is 13.7. The van der Waals surface area contributed by atoms with Crippen LogP contribution in [0.2, 0.25) is 5.02 Å². The highest BCUT2D eigenvalue weighted by atomic mass is 79.9. The predicted octanol–water partition coefficient (Wildman–Crippen LogP) is 4.11. The first-order chi connectivity index (χ1) is 8.45. The van der Waals surface area contributed by atoms with E-state index in [0.29, 0.717) is 18.1 Å². The van der Waals surface area contributed by atoms with Crippen molar-refractivity contribution in [3.8, 4) is 0 Å². The lowest BCUT2D eigenvalue weighted by atomic mass is 10.1. The van der Waals surface area contributed by atoms with Crippen molar-refractivity contribution in [1.82, 2.24) is 4.90 Å². The molecule has 1 amide bonds. The number of benzene rings is 1. The lowest BCUT2D eigenvalue weighted by molar-refractivity contribution is -0.131. The summed E-state index contributed by atoms with van der Waals surface area (Å²) in [5.41, 5.74) is 1.06. The van der Waals surface area contributed by atoms with Crippen LogP contribution in [-0.4, -0.2) is 22.2 Å². The second-order valence-electron chi connectivity index (χ2n) is 4.63. The Kier molecular flexibility index (Phi) is 6.16. The van der Waals surface area contributed by atoms with Gasteiger partial charge in [-0.1, -0.05) is 53.5 Å². The molecule has 100 valence electrons. The van der Waals surface area contributed by atoms with Gasteiger partial charge in [0.1, 0.15) is 0 Å². The molecule has 0 saturated carbocycles. The molecule has 1 atom stereocenters. The average Bonchev–Trinajstić information content (AvgIpc) is 2.34. The van der Waals surface area contributed by atoms with E-state index in [1.807, 2.05) is 49.9 Å². The largest absolute Gasteiger partial charge is 0.338 e. The summed E-state index contributed by atoms with van der Waals surface area (Å²) in [6.07, 6.45) is 0. The van der Waals surface area contributed by atoms with Crippen LogP contribution in [0.4, 0.5) is 0 Å². The number of amides is 1. The van der Waals surface area contributed by atoms with E-state index in [9.17, 15) is 4.79 Å². The fraction of sp³-hybridized carbons (Fsp3) is 0.500. The van der Waals surface area contributed by atoms with E-state index >= 15 is 0 Å². The molecule has 1 unspecified atom stereocenters. The van der Waals surface area contributed by atoms with Gasteiger partial charge in [-0.25, -0.2) is 0 Å². The molecule has 18 heavy (non-hydrogen) atoms. The van der Waals surface area contributed by atoms with Crippen molar-refractivity contribution in [1.29, 1.82) is 0 Å². The molecule has 4 heteroatoms. The first-order valence-electron chi connectivity index (χ1n) is 6.13. The maximum atomic E-state index is 12.3. The van der Waals surface area contributed by atoms with Gasteiger partial charge < -0.3 is 4.90 Å². The van der Waals surface area contributed by atoms with Crippen molar-refractivity contribution in [2.24, 2.45) is 5.92 Å². The van der Waals surface area contributed by atoms with Crippen LogP contribution < -0.4 is 0 Å². The Morgan fingerprint density at radius 2 is 2.11 bits per heavy atom. The van der Waals surface area contributed by atoms with Crippen molar-refractivity contribution in [2.45, 2.75) is 32.1 Å². The van der Waals surface area contributed by atoms with Gasteiger partial charge >= 0.3 is 0 Å². The van der Waals surface area contributed by atoms with Crippen LogP contribution in [0.5, 0.6) is 0 Å². The summed E-state index contributed by atoms with van der Waals surface area (Å²) in [5, 5.41) is 0.704. The number of hydrogen-bond acceptors (Lipinski definition) is 1. The van der Waals surface area contributed by atoms with Crippen LogP contribution >= 0.6 is 27.5 Å². The zero-order valence-electron chi connectivity index (χ0n) is 11.0. The molecule has 0 saturated heterocycles. The molecule has 0 aliphatic carbocycles. The normalized spacial score (nSPS) is 12.6. The fourth-order valence-electron chi connectivity index (χ4n) is 1.66. The number of nitrogens with zero attached hydrogens (tertiary/aromatic N) is 1. The smallest absolute Gasteiger partial charge is 0.236 e. The minimum Gasteiger partial charge on any atom is -0.338 e. The molecule has 1 rings (SSSR count). The van der Waals surface area contributed by atoms with Crippen LogP contribution in [-0.2, 0) is 11.3 Å². The van der Waals surface area contributed by atoms with E-state index in [1.54, 1.807) is 0 Å². The summed E-state index contributed by atoms with van der Waals surface area (Å²) in [4.78, 5) is 14.0. The van der Waals surface area contributed by atoms with E-state index < -0.39 is 0 Å². The van der Waals surface area contributed by atoms with Gasteiger partial charge in [-0.2, -0.15) is 0 Å². The van der Waals surface area contributed by atoms with Crippen molar-refractivity contribution in [2.75, 3.05) is 6.54 Å². The average molecular weight is 333 g/mol. The van der Waals surface area contributed by atoms with Gasteiger partial charge in [0.05, 0.1) is 4.83 Å². The third-order valence-corrected chi connectivity index (χ3v) is 4.46. The number of hydrogen-bond donors (Lipinski definition) is 0. The van der Waals surface area contributed by atoms with Crippen LogP contribution in [0, 0.1) is 5.92 Å². The lowest BCUT2D eigenvalue weighted by Crippen LogP contribution is -2.38. The molecular formula is C14H19BrClNO. The highest BCUT2D eigenvalue weighted by Crippen LogP contribution is 2.18. The zero-order valence-corrected chi connectivity index (χ0v) is 13.3.